The third kappa shape index (κ3) is 3.79. The van der Waals surface area contributed by atoms with E-state index in [4.69, 9.17) is 0 Å². The van der Waals surface area contributed by atoms with Gasteiger partial charge in [0, 0.05) is 36.4 Å². The zero-order valence-corrected chi connectivity index (χ0v) is 18.5. The summed E-state index contributed by atoms with van der Waals surface area (Å²) in [6.07, 6.45) is 8.45. The summed E-state index contributed by atoms with van der Waals surface area (Å²) in [7, 11) is 1.85. The lowest BCUT2D eigenvalue weighted by Crippen LogP contribution is -2.09. The van der Waals surface area contributed by atoms with Crippen molar-refractivity contribution in [2.24, 2.45) is 0 Å². The van der Waals surface area contributed by atoms with Gasteiger partial charge in [-0.2, -0.15) is 0 Å². The molecule has 0 amide bonds. The van der Waals surface area contributed by atoms with Crippen molar-refractivity contribution in [3.8, 4) is 0 Å². The van der Waals surface area contributed by atoms with E-state index in [9.17, 15) is 8.78 Å². The monoisotopic (exact) mass is 435 g/mol. The number of hydrogen-bond acceptors (Lipinski definition) is 4. The minimum atomic E-state index is -0.749. The fraction of sp³-hybridized carbons (Fsp3) is 0.280. The maximum absolute atomic E-state index is 14.8. The molecule has 2 heterocycles. The highest BCUT2D eigenvalue weighted by Crippen LogP contribution is 2.40. The Balaban J connectivity index is 1.68. The molecule has 1 aliphatic rings. The maximum Gasteiger partial charge on any atom is 0.180 e. The summed E-state index contributed by atoms with van der Waals surface area (Å²) in [6.45, 7) is 7.97. The molecule has 0 saturated carbocycles. The van der Waals surface area contributed by atoms with E-state index < -0.39 is 17.6 Å². The first kappa shape index (κ1) is 21.7. The van der Waals surface area contributed by atoms with Crippen molar-refractivity contribution in [3.63, 3.8) is 0 Å². The van der Waals surface area contributed by atoms with Crippen LogP contribution < -0.4 is 10.6 Å². The lowest BCUT2D eigenvalue weighted by Gasteiger charge is -2.20. The first-order valence-corrected chi connectivity index (χ1v) is 10.8. The molecule has 2 aromatic heterocycles. The Kier molecular flexibility index (Phi) is 6.08. The second kappa shape index (κ2) is 8.94. The summed E-state index contributed by atoms with van der Waals surface area (Å²) < 4.78 is 31.0. The van der Waals surface area contributed by atoms with Gasteiger partial charge in [-0.1, -0.05) is 32.6 Å². The standard InChI is InChI=1S/C25H27F2N5/c1-5-16-7-9-20(23(27)22(16)26)21-14-30-25-24(29-11-12-32(21)25)31-18-8-10-19(15(3)28-4)17(6-2)13-18/h7-8,10-14,20,28H,3,5-6,9H2,1-2,4H3,(H,29,31). The van der Waals surface area contributed by atoms with Crippen molar-refractivity contribution < 1.29 is 8.78 Å². The van der Waals surface area contributed by atoms with Crippen LogP contribution in [0.3, 0.4) is 0 Å². The van der Waals surface area contributed by atoms with Crippen molar-refractivity contribution in [3.05, 3.63) is 83.5 Å². The van der Waals surface area contributed by atoms with Gasteiger partial charge in [0.25, 0.3) is 0 Å². The summed E-state index contributed by atoms with van der Waals surface area (Å²) >= 11 is 0. The number of aryl methyl sites for hydroxylation is 1. The number of halogens is 2. The third-order valence-corrected chi connectivity index (χ3v) is 5.97. The lowest BCUT2D eigenvalue weighted by molar-refractivity contribution is 0.467. The molecular formula is C25H27F2N5. The molecule has 0 spiro atoms. The van der Waals surface area contributed by atoms with Gasteiger partial charge in [0.2, 0.25) is 0 Å². The summed E-state index contributed by atoms with van der Waals surface area (Å²) in [5, 5.41) is 6.41. The molecule has 7 heteroatoms. The number of rotatable bonds is 7. The Morgan fingerprint density at radius 3 is 2.75 bits per heavy atom. The van der Waals surface area contributed by atoms with E-state index in [0.29, 0.717) is 35.6 Å². The molecule has 0 fully saturated rings. The highest BCUT2D eigenvalue weighted by molar-refractivity contribution is 5.73. The number of fused-ring (bicyclic) bond motifs is 1. The zero-order chi connectivity index (χ0) is 22.8. The number of benzene rings is 1. The van der Waals surface area contributed by atoms with E-state index >= 15 is 0 Å². The molecule has 1 aromatic carbocycles. The zero-order valence-electron chi connectivity index (χ0n) is 18.5. The van der Waals surface area contributed by atoms with Crippen LogP contribution in [0.2, 0.25) is 0 Å². The first-order chi connectivity index (χ1) is 15.5. The van der Waals surface area contributed by atoms with Crippen LogP contribution in [0.15, 0.2) is 66.7 Å². The number of allylic oxidation sites excluding steroid dienone is 4. The molecular weight excluding hydrogens is 408 g/mol. The van der Waals surface area contributed by atoms with Crippen LogP contribution in [-0.4, -0.2) is 21.4 Å². The molecule has 1 unspecified atom stereocenters. The van der Waals surface area contributed by atoms with Crippen LogP contribution in [-0.2, 0) is 6.42 Å². The van der Waals surface area contributed by atoms with Crippen molar-refractivity contribution in [1.29, 1.82) is 0 Å². The molecule has 32 heavy (non-hydrogen) atoms. The van der Waals surface area contributed by atoms with Crippen LogP contribution in [0.5, 0.6) is 0 Å². The van der Waals surface area contributed by atoms with Gasteiger partial charge in [0.15, 0.2) is 17.3 Å². The molecule has 0 aliphatic heterocycles. The van der Waals surface area contributed by atoms with Gasteiger partial charge in [-0.05, 0) is 42.5 Å². The number of imidazole rings is 1. The quantitative estimate of drug-likeness (QED) is 0.464. The van der Waals surface area contributed by atoms with Gasteiger partial charge in [-0.3, -0.25) is 4.40 Å². The largest absolute Gasteiger partial charge is 0.388 e. The van der Waals surface area contributed by atoms with E-state index in [0.717, 1.165) is 28.9 Å². The average molecular weight is 436 g/mol. The number of anilines is 2. The summed E-state index contributed by atoms with van der Waals surface area (Å²) in [6, 6.07) is 6.03. The molecule has 1 aliphatic carbocycles. The minimum Gasteiger partial charge on any atom is -0.388 e. The minimum absolute atomic E-state index is 0.401. The van der Waals surface area contributed by atoms with Gasteiger partial charge in [0.1, 0.15) is 5.83 Å². The smallest absolute Gasteiger partial charge is 0.180 e. The van der Waals surface area contributed by atoms with Crippen LogP contribution in [0.1, 0.15) is 49.4 Å². The maximum atomic E-state index is 14.8. The highest BCUT2D eigenvalue weighted by atomic mass is 19.2. The van der Waals surface area contributed by atoms with Crippen molar-refractivity contribution in [1.82, 2.24) is 19.7 Å². The molecule has 0 saturated heterocycles. The molecule has 3 aromatic rings. The van der Waals surface area contributed by atoms with E-state index in [-0.39, 0.29) is 0 Å². The van der Waals surface area contributed by atoms with Crippen molar-refractivity contribution in [2.45, 2.75) is 39.0 Å². The van der Waals surface area contributed by atoms with E-state index in [1.807, 2.05) is 26.1 Å². The second-order valence-electron chi connectivity index (χ2n) is 7.76. The number of hydrogen-bond donors (Lipinski definition) is 2. The Morgan fingerprint density at radius 1 is 1.22 bits per heavy atom. The second-order valence-corrected chi connectivity index (χ2v) is 7.76. The molecule has 0 radical (unpaired) electrons. The first-order valence-electron chi connectivity index (χ1n) is 10.8. The lowest BCUT2D eigenvalue weighted by atomic mass is 9.91. The topological polar surface area (TPSA) is 54.2 Å². The van der Waals surface area contributed by atoms with Gasteiger partial charge in [-0.15, -0.1) is 0 Å². The SMILES string of the molecule is C=C(NC)c1ccc(Nc2nccn3c(C4CC=C(CC)C(F)=C4F)cnc23)cc1CC. The molecule has 5 nitrogen and oxygen atoms in total. The summed E-state index contributed by atoms with van der Waals surface area (Å²) in [4.78, 5) is 8.90. The van der Waals surface area contributed by atoms with E-state index in [1.54, 1.807) is 29.1 Å². The van der Waals surface area contributed by atoms with E-state index in [2.05, 4.69) is 40.2 Å². The molecule has 166 valence electrons. The number of nitrogens with zero attached hydrogens (tertiary/aromatic N) is 3. The Bertz CT molecular complexity index is 1240. The Hall–Kier alpha value is -3.48. The van der Waals surface area contributed by atoms with Gasteiger partial charge in [-0.25, -0.2) is 18.7 Å². The fourth-order valence-electron chi connectivity index (χ4n) is 4.12. The Labute approximate surface area is 186 Å². The predicted octanol–water partition coefficient (Wildman–Crippen LogP) is 6.20. The van der Waals surface area contributed by atoms with Crippen LogP contribution in [0, 0.1) is 0 Å². The Morgan fingerprint density at radius 2 is 2.03 bits per heavy atom. The van der Waals surface area contributed by atoms with Crippen molar-refractivity contribution >= 4 is 22.8 Å². The van der Waals surface area contributed by atoms with Gasteiger partial charge >= 0.3 is 0 Å². The fourth-order valence-corrected chi connectivity index (χ4v) is 4.12. The van der Waals surface area contributed by atoms with Gasteiger partial charge < -0.3 is 10.6 Å². The average Bonchev–Trinajstić information content (AvgIpc) is 3.25. The van der Waals surface area contributed by atoms with Crippen molar-refractivity contribution in [2.75, 3.05) is 12.4 Å². The predicted molar refractivity (Wildman–Crippen MR) is 125 cm³/mol. The highest BCUT2D eigenvalue weighted by Gasteiger charge is 2.28. The van der Waals surface area contributed by atoms with Crippen LogP contribution in [0.25, 0.3) is 11.3 Å². The summed E-state index contributed by atoms with van der Waals surface area (Å²) in [5.74, 6) is -1.63. The molecule has 0 bridgehead atoms. The molecule has 1 atom stereocenters. The number of nitrogens with one attached hydrogen (secondary N) is 2. The number of aromatic nitrogens is 3. The normalized spacial score (nSPS) is 16.3. The molecule has 2 N–H and O–H groups in total. The molecule has 4 rings (SSSR count). The van der Waals surface area contributed by atoms with E-state index in [1.165, 1.54) is 0 Å². The van der Waals surface area contributed by atoms with Gasteiger partial charge in [0.05, 0.1) is 17.8 Å². The summed E-state index contributed by atoms with van der Waals surface area (Å²) in [5.41, 5.74) is 5.52. The van der Waals surface area contributed by atoms with Crippen LogP contribution >= 0.6 is 0 Å². The third-order valence-electron chi connectivity index (χ3n) is 5.97. The van der Waals surface area contributed by atoms with Crippen LogP contribution in [0.4, 0.5) is 20.3 Å².